The Bertz CT molecular complexity index is 944. The SMILES string of the molecule is CC(C)c1cccc(C(C)C)c1NC(=O)c1cc(NCc2ccncc2)ncn1. The zero-order valence-corrected chi connectivity index (χ0v) is 17.3. The van der Waals surface area contributed by atoms with Gasteiger partial charge >= 0.3 is 0 Å². The van der Waals surface area contributed by atoms with E-state index in [1.165, 1.54) is 6.33 Å². The van der Waals surface area contributed by atoms with Gasteiger partial charge in [-0.15, -0.1) is 0 Å². The molecule has 0 aliphatic heterocycles. The van der Waals surface area contributed by atoms with Crippen molar-refractivity contribution in [3.63, 3.8) is 0 Å². The van der Waals surface area contributed by atoms with Crippen molar-refractivity contribution in [3.05, 3.63) is 77.5 Å². The van der Waals surface area contributed by atoms with Gasteiger partial charge in [-0.05, 0) is 40.7 Å². The number of hydrogen-bond acceptors (Lipinski definition) is 5. The van der Waals surface area contributed by atoms with Crippen molar-refractivity contribution < 1.29 is 4.79 Å². The molecule has 6 heteroatoms. The summed E-state index contributed by atoms with van der Waals surface area (Å²) in [4.78, 5) is 25.3. The van der Waals surface area contributed by atoms with Crippen molar-refractivity contribution >= 4 is 17.4 Å². The fourth-order valence-electron chi connectivity index (χ4n) is 3.14. The Balaban J connectivity index is 1.80. The number of para-hydroxylation sites is 1. The Morgan fingerprint density at radius 3 is 2.24 bits per heavy atom. The first-order chi connectivity index (χ1) is 14.0. The molecule has 2 N–H and O–H groups in total. The van der Waals surface area contributed by atoms with Crippen molar-refractivity contribution in [2.24, 2.45) is 0 Å². The molecule has 3 rings (SSSR count). The average Bonchev–Trinajstić information content (AvgIpc) is 2.73. The Labute approximate surface area is 171 Å². The highest BCUT2D eigenvalue weighted by atomic mass is 16.1. The number of amides is 1. The molecular formula is C23H27N5O. The molecule has 150 valence electrons. The molecule has 2 heterocycles. The minimum Gasteiger partial charge on any atom is -0.366 e. The Kier molecular flexibility index (Phi) is 6.54. The number of carbonyl (C=O) groups excluding carboxylic acids is 1. The molecule has 2 aromatic heterocycles. The molecular weight excluding hydrogens is 362 g/mol. The largest absolute Gasteiger partial charge is 0.366 e. The third kappa shape index (κ3) is 5.16. The van der Waals surface area contributed by atoms with E-state index in [9.17, 15) is 4.79 Å². The van der Waals surface area contributed by atoms with E-state index in [2.05, 4.69) is 65.4 Å². The summed E-state index contributed by atoms with van der Waals surface area (Å²) in [5, 5.41) is 6.31. The van der Waals surface area contributed by atoms with Gasteiger partial charge in [0.1, 0.15) is 17.8 Å². The van der Waals surface area contributed by atoms with Gasteiger partial charge in [0.15, 0.2) is 0 Å². The van der Waals surface area contributed by atoms with Crippen LogP contribution in [0.5, 0.6) is 0 Å². The van der Waals surface area contributed by atoms with E-state index < -0.39 is 0 Å². The molecule has 1 amide bonds. The second kappa shape index (κ2) is 9.28. The summed E-state index contributed by atoms with van der Waals surface area (Å²) in [7, 11) is 0. The summed E-state index contributed by atoms with van der Waals surface area (Å²) in [6, 6.07) is 11.7. The number of hydrogen-bond donors (Lipinski definition) is 2. The Morgan fingerprint density at radius 1 is 0.966 bits per heavy atom. The first kappa shape index (κ1) is 20.5. The number of benzene rings is 1. The van der Waals surface area contributed by atoms with Crippen molar-refractivity contribution in [2.75, 3.05) is 10.6 Å². The summed E-state index contributed by atoms with van der Waals surface area (Å²) in [6.45, 7) is 9.10. The fraction of sp³-hybridized carbons (Fsp3) is 0.304. The highest BCUT2D eigenvalue weighted by Gasteiger charge is 2.17. The highest BCUT2D eigenvalue weighted by molar-refractivity contribution is 6.04. The Hall–Kier alpha value is -3.28. The van der Waals surface area contributed by atoms with Gasteiger partial charge in [-0.1, -0.05) is 45.9 Å². The van der Waals surface area contributed by atoms with Crippen LogP contribution in [-0.2, 0) is 6.54 Å². The van der Waals surface area contributed by atoms with Crippen molar-refractivity contribution in [1.82, 2.24) is 15.0 Å². The van der Waals surface area contributed by atoms with Crippen LogP contribution in [0, 0.1) is 0 Å². The van der Waals surface area contributed by atoms with Crippen LogP contribution >= 0.6 is 0 Å². The lowest BCUT2D eigenvalue weighted by Gasteiger charge is -2.20. The number of anilines is 2. The van der Waals surface area contributed by atoms with Crippen LogP contribution in [0.2, 0.25) is 0 Å². The first-order valence-corrected chi connectivity index (χ1v) is 9.84. The monoisotopic (exact) mass is 389 g/mol. The summed E-state index contributed by atoms with van der Waals surface area (Å²) >= 11 is 0. The number of nitrogens with zero attached hydrogens (tertiary/aromatic N) is 3. The second-order valence-corrected chi connectivity index (χ2v) is 7.57. The third-order valence-corrected chi connectivity index (χ3v) is 4.73. The summed E-state index contributed by atoms with van der Waals surface area (Å²) in [5.74, 6) is 0.955. The maximum atomic E-state index is 13.0. The molecule has 0 spiro atoms. The van der Waals surface area contributed by atoms with E-state index in [1.807, 2.05) is 18.2 Å². The smallest absolute Gasteiger partial charge is 0.274 e. The lowest BCUT2D eigenvalue weighted by atomic mass is 9.92. The zero-order valence-electron chi connectivity index (χ0n) is 17.3. The van der Waals surface area contributed by atoms with Crippen LogP contribution in [0.1, 0.15) is 66.7 Å². The van der Waals surface area contributed by atoms with Crippen LogP contribution in [0.15, 0.2) is 55.1 Å². The van der Waals surface area contributed by atoms with E-state index in [0.717, 1.165) is 22.4 Å². The molecule has 0 saturated carbocycles. The summed E-state index contributed by atoms with van der Waals surface area (Å²) < 4.78 is 0. The first-order valence-electron chi connectivity index (χ1n) is 9.84. The van der Waals surface area contributed by atoms with Crippen LogP contribution < -0.4 is 10.6 Å². The topological polar surface area (TPSA) is 79.8 Å². The number of nitrogens with one attached hydrogen (secondary N) is 2. The molecule has 1 aromatic carbocycles. The number of carbonyl (C=O) groups is 1. The summed E-state index contributed by atoms with van der Waals surface area (Å²) in [6.07, 6.45) is 4.89. The quantitative estimate of drug-likeness (QED) is 0.595. The molecule has 0 aliphatic carbocycles. The molecule has 0 bridgehead atoms. The minimum absolute atomic E-state index is 0.241. The molecule has 0 unspecified atom stereocenters. The van der Waals surface area contributed by atoms with Crippen molar-refractivity contribution in [3.8, 4) is 0 Å². The lowest BCUT2D eigenvalue weighted by molar-refractivity contribution is 0.102. The fourth-order valence-corrected chi connectivity index (χ4v) is 3.14. The molecule has 0 aliphatic rings. The van der Waals surface area contributed by atoms with E-state index in [0.29, 0.717) is 29.9 Å². The number of rotatable bonds is 7. The lowest BCUT2D eigenvalue weighted by Crippen LogP contribution is -2.17. The second-order valence-electron chi connectivity index (χ2n) is 7.57. The third-order valence-electron chi connectivity index (χ3n) is 4.73. The van der Waals surface area contributed by atoms with E-state index in [4.69, 9.17) is 0 Å². The number of pyridine rings is 1. The normalized spacial score (nSPS) is 11.0. The van der Waals surface area contributed by atoms with Gasteiger partial charge in [0.25, 0.3) is 5.91 Å². The highest BCUT2D eigenvalue weighted by Crippen LogP contribution is 2.32. The predicted molar refractivity (Wildman–Crippen MR) is 116 cm³/mol. The van der Waals surface area contributed by atoms with E-state index in [1.54, 1.807) is 18.5 Å². The van der Waals surface area contributed by atoms with Crippen molar-refractivity contribution in [2.45, 2.75) is 46.1 Å². The van der Waals surface area contributed by atoms with Crippen LogP contribution in [0.3, 0.4) is 0 Å². The molecule has 0 fully saturated rings. The maximum absolute atomic E-state index is 13.0. The van der Waals surface area contributed by atoms with E-state index >= 15 is 0 Å². The molecule has 0 radical (unpaired) electrons. The van der Waals surface area contributed by atoms with Crippen molar-refractivity contribution in [1.29, 1.82) is 0 Å². The number of aromatic nitrogens is 3. The molecule has 3 aromatic rings. The average molecular weight is 390 g/mol. The van der Waals surface area contributed by atoms with E-state index in [-0.39, 0.29) is 5.91 Å². The van der Waals surface area contributed by atoms with Gasteiger partial charge in [-0.3, -0.25) is 9.78 Å². The van der Waals surface area contributed by atoms with Gasteiger partial charge in [0.2, 0.25) is 0 Å². The standard InChI is InChI=1S/C23H27N5O/c1-15(2)18-6-5-7-19(16(3)4)22(18)28-23(29)20-12-21(27-14-26-20)25-13-17-8-10-24-11-9-17/h5-12,14-16H,13H2,1-4H3,(H,28,29)(H,25,26,27). The van der Waals surface area contributed by atoms with Crippen LogP contribution in [0.25, 0.3) is 0 Å². The van der Waals surface area contributed by atoms with Crippen LogP contribution in [0.4, 0.5) is 11.5 Å². The molecule has 29 heavy (non-hydrogen) atoms. The molecule has 0 saturated heterocycles. The minimum atomic E-state index is -0.241. The van der Waals surface area contributed by atoms with Gasteiger partial charge in [-0.2, -0.15) is 0 Å². The predicted octanol–water partition coefficient (Wildman–Crippen LogP) is 4.98. The Morgan fingerprint density at radius 2 is 1.62 bits per heavy atom. The molecule has 0 atom stereocenters. The summed E-state index contributed by atoms with van der Waals surface area (Å²) in [5.41, 5.74) is 4.53. The van der Waals surface area contributed by atoms with Gasteiger partial charge in [-0.25, -0.2) is 9.97 Å². The van der Waals surface area contributed by atoms with Gasteiger partial charge in [0.05, 0.1) is 0 Å². The van der Waals surface area contributed by atoms with Crippen LogP contribution in [-0.4, -0.2) is 20.9 Å². The van der Waals surface area contributed by atoms with Gasteiger partial charge in [0, 0.05) is 30.7 Å². The maximum Gasteiger partial charge on any atom is 0.274 e. The molecule has 6 nitrogen and oxygen atoms in total. The van der Waals surface area contributed by atoms with Gasteiger partial charge < -0.3 is 10.6 Å². The zero-order chi connectivity index (χ0) is 20.8.